The molecule has 0 bridgehead atoms. The summed E-state index contributed by atoms with van der Waals surface area (Å²) in [7, 11) is 1.73. The van der Waals surface area contributed by atoms with Gasteiger partial charge >= 0.3 is 0 Å². The molecule has 0 N–H and O–H groups in total. The summed E-state index contributed by atoms with van der Waals surface area (Å²) < 4.78 is 7.55. The molecular formula is C20H22N2OS. The highest BCUT2D eigenvalue weighted by atomic mass is 32.1. The molecule has 3 nitrogen and oxygen atoms in total. The number of hydrogen-bond acceptors (Lipinski definition) is 3. The molecule has 0 saturated heterocycles. The molecule has 0 spiro atoms. The summed E-state index contributed by atoms with van der Waals surface area (Å²) in [6.45, 7) is 5.67. The molecule has 0 atom stereocenters. The SMILES string of the molecule is COCCn1c(-c2ccccc2)csc1=Nc1c(C)cccc1C. The second-order valence-corrected chi connectivity index (χ2v) is 6.60. The van der Waals surface area contributed by atoms with Gasteiger partial charge < -0.3 is 9.30 Å². The minimum atomic E-state index is 0.663. The first-order valence-corrected chi connectivity index (χ1v) is 8.92. The van der Waals surface area contributed by atoms with Crippen molar-refractivity contribution in [2.45, 2.75) is 20.4 Å². The summed E-state index contributed by atoms with van der Waals surface area (Å²) in [5, 5.41) is 2.18. The van der Waals surface area contributed by atoms with Gasteiger partial charge in [0.1, 0.15) is 0 Å². The Morgan fingerprint density at radius 1 is 1.00 bits per heavy atom. The molecule has 4 heteroatoms. The van der Waals surface area contributed by atoms with E-state index in [2.05, 4.69) is 66.3 Å². The van der Waals surface area contributed by atoms with Crippen LogP contribution in [0.3, 0.4) is 0 Å². The summed E-state index contributed by atoms with van der Waals surface area (Å²) in [6.07, 6.45) is 0. The first-order valence-electron chi connectivity index (χ1n) is 8.04. The van der Waals surface area contributed by atoms with E-state index in [1.165, 1.54) is 22.4 Å². The van der Waals surface area contributed by atoms with Crippen molar-refractivity contribution in [3.05, 3.63) is 69.8 Å². The van der Waals surface area contributed by atoms with Gasteiger partial charge in [-0.1, -0.05) is 48.5 Å². The zero-order valence-corrected chi connectivity index (χ0v) is 15.1. The number of rotatable bonds is 5. The lowest BCUT2D eigenvalue weighted by Crippen LogP contribution is -2.18. The maximum absolute atomic E-state index is 5.30. The van der Waals surface area contributed by atoms with Crippen LogP contribution in [0.5, 0.6) is 0 Å². The van der Waals surface area contributed by atoms with Crippen LogP contribution in [0.1, 0.15) is 11.1 Å². The highest BCUT2D eigenvalue weighted by Crippen LogP contribution is 2.24. The highest BCUT2D eigenvalue weighted by Gasteiger charge is 2.09. The smallest absolute Gasteiger partial charge is 0.190 e. The first kappa shape index (κ1) is 16.7. The molecular weight excluding hydrogens is 316 g/mol. The third-order valence-electron chi connectivity index (χ3n) is 4.03. The Morgan fingerprint density at radius 2 is 1.71 bits per heavy atom. The van der Waals surface area contributed by atoms with Crippen LogP contribution in [0.4, 0.5) is 5.69 Å². The Morgan fingerprint density at radius 3 is 2.38 bits per heavy atom. The van der Waals surface area contributed by atoms with E-state index in [4.69, 9.17) is 9.73 Å². The number of methoxy groups -OCH3 is 1. The fourth-order valence-corrected chi connectivity index (χ4v) is 3.68. The van der Waals surface area contributed by atoms with E-state index in [0.29, 0.717) is 6.61 Å². The maximum atomic E-state index is 5.30. The van der Waals surface area contributed by atoms with Crippen molar-refractivity contribution in [2.24, 2.45) is 4.99 Å². The summed E-state index contributed by atoms with van der Waals surface area (Å²) >= 11 is 1.67. The van der Waals surface area contributed by atoms with E-state index < -0.39 is 0 Å². The Balaban J connectivity index is 2.15. The van der Waals surface area contributed by atoms with Crippen molar-refractivity contribution < 1.29 is 4.74 Å². The van der Waals surface area contributed by atoms with Gasteiger partial charge in [0, 0.05) is 19.0 Å². The highest BCUT2D eigenvalue weighted by molar-refractivity contribution is 7.07. The fraction of sp³-hybridized carbons (Fsp3) is 0.250. The summed E-state index contributed by atoms with van der Waals surface area (Å²) in [4.78, 5) is 5.97. The number of para-hydroxylation sites is 1. The molecule has 0 aliphatic rings. The van der Waals surface area contributed by atoms with Crippen LogP contribution < -0.4 is 4.80 Å². The first-order chi connectivity index (χ1) is 11.7. The van der Waals surface area contributed by atoms with Crippen LogP contribution in [-0.4, -0.2) is 18.3 Å². The Kier molecular flexibility index (Phi) is 5.28. The second kappa shape index (κ2) is 7.60. The molecule has 0 aliphatic carbocycles. The summed E-state index contributed by atoms with van der Waals surface area (Å²) in [5.74, 6) is 0. The van der Waals surface area contributed by atoms with Crippen LogP contribution in [0, 0.1) is 13.8 Å². The lowest BCUT2D eigenvalue weighted by molar-refractivity contribution is 0.187. The van der Waals surface area contributed by atoms with E-state index in [1.807, 2.05) is 6.07 Å². The van der Waals surface area contributed by atoms with Crippen LogP contribution >= 0.6 is 11.3 Å². The van der Waals surface area contributed by atoms with E-state index >= 15 is 0 Å². The van der Waals surface area contributed by atoms with Gasteiger partial charge in [-0.2, -0.15) is 0 Å². The molecule has 1 heterocycles. The third kappa shape index (κ3) is 3.50. The lowest BCUT2D eigenvalue weighted by Gasteiger charge is -2.09. The predicted molar refractivity (Wildman–Crippen MR) is 101 cm³/mol. The number of benzene rings is 2. The molecule has 2 aromatic carbocycles. The molecule has 0 fully saturated rings. The van der Waals surface area contributed by atoms with Gasteiger partial charge in [-0.25, -0.2) is 4.99 Å². The van der Waals surface area contributed by atoms with Crippen molar-refractivity contribution >= 4 is 17.0 Å². The molecule has 1 aromatic heterocycles. The van der Waals surface area contributed by atoms with Gasteiger partial charge in [0.25, 0.3) is 0 Å². The number of aromatic nitrogens is 1. The minimum absolute atomic E-state index is 0.663. The number of ether oxygens (including phenoxy) is 1. The van der Waals surface area contributed by atoms with Crippen molar-refractivity contribution in [2.75, 3.05) is 13.7 Å². The largest absolute Gasteiger partial charge is 0.383 e. The van der Waals surface area contributed by atoms with E-state index in [0.717, 1.165) is 17.0 Å². The molecule has 3 aromatic rings. The Bertz CT molecular complexity index is 858. The quantitative estimate of drug-likeness (QED) is 0.661. The predicted octanol–water partition coefficient (Wildman–Crippen LogP) is 4.71. The van der Waals surface area contributed by atoms with Gasteiger partial charge in [-0.3, -0.25) is 0 Å². The van der Waals surface area contributed by atoms with E-state index in [-0.39, 0.29) is 0 Å². The number of aryl methyl sites for hydroxylation is 2. The molecule has 0 aliphatic heterocycles. The number of hydrogen-bond donors (Lipinski definition) is 0. The van der Waals surface area contributed by atoms with Crippen molar-refractivity contribution in [3.63, 3.8) is 0 Å². The lowest BCUT2D eigenvalue weighted by atomic mass is 10.1. The zero-order chi connectivity index (χ0) is 16.9. The van der Waals surface area contributed by atoms with Crippen molar-refractivity contribution in [1.82, 2.24) is 4.57 Å². The number of nitrogens with zero attached hydrogens (tertiary/aromatic N) is 2. The van der Waals surface area contributed by atoms with Gasteiger partial charge in [0.2, 0.25) is 0 Å². The standard InChI is InChI=1S/C20H22N2OS/c1-15-8-7-9-16(2)19(15)21-20-22(12-13-23-3)18(14-24-20)17-10-5-4-6-11-17/h4-11,14H,12-13H2,1-3H3. The fourth-order valence-electron chi connectivity index (χ4n) is 2.73. The Labute approximate surface area is 146 Å². The monoisotopic (exact) mass is 338 g/mol. The van der Waals surface area contributed by atoms with Crippen LogP contribution in [-0.2, 0) is 11.3 Å². The molecule has 24 heavy (non-hydrogen) atoms. The summed E-state index contributed by atoms with van der Waals surface area (Å²) in [6, 6.07) is 16.7. The van der Waals surface area contributed by atoms with Gasteiger partial charge in [0.15, 0.2) is 4.80 Å². The maximum Gasteiger partial charge on any atom is 0.190 e. The van der Waals surface area contributed by atoms with Crippen molar-refractivity contribution in [3.8, 4) is 11.3 Å². The van der Waals surface area contributed by atoms with Crippen LogP contribution in [0.15, 0.2) is 58.9 Å². The second-order valence-electron chi connectivity index (χ2n) is 5.77. The molecule has 3 rings (SSSR count). The van der Waals surface area contributed by atoms with Gasteiger partial charge in [-0.05, 0) is 30.5 Å². The Hall–Kier alpha value is -2.17. The van der Waals surface area contributed by atoms with Crippen molar-refractivity contribution in [1.29, 1.82) is 0 Å². The molecule has 0 saturated carbocycles. The third-order valence-corrected chi connectivity index (χ3v) is 4.90. The average molecular weight is 338 g/mol. The molecule has 124 valence electrons. The minimum Gasteiger partial charge on any atom is -0.383 e. The molecule has 0 unspecified atom stereocenters. The molecule has 0 radical (unpaired) electrons. The average Bonchev–Trinajstić information content (AvgIpc) is 3.00. The topological polar surface area (TPSA) is 26.5 Å². The van der Waals surface area contributed by atoms with E-state index in [1.54, 1.807) is 18.4 Å². The van der Waals surface area contributed by atoms with E-state index in [9.17, 15) is 0 Å². The summed E-state index contributed by atoms with van der Waals surface area (Å²) in [5.41, 5.74) is 5.84. The zero-order valence-electron chi connectivity index (χ0n) is 14.3. The number of thiazole rings is 1. The van der Waals surface area contributed by atoms with Gasteiger partial charge in [-0.15, -0.1) is 11.3 Å². The van der Waals surface area contributed by atoms with Crippen LogP contribution in [0.2, 0.25) is 0 Å². The van der Waals surface area contributed by atoms with Crippen LogP contribution in [0.25, 0.3) is 11.3 Å². The molecule has 0 amide bonds. The normalized spacial score (nSPS) is 11.9. The van der Waals surface area contributed by atoms with Gasteiger partial charge in [0.05, 0.1) is 18.0 Å².